The van der Waals surface area contributed by atoms with Crippen LogP contribution in [0.2, 0.25) is 0 Å². The summed E-state index contributed by atoms with van der Waals surface area (Å²) in [5.41, 5.74) is 0.722. The number of ether oxygens (including phenoxy) is 1. The molecule has 0 saturated carbocycles. The molecule has 0 aromatic heterocycles. The molecule has 152 valence electrons. The standard InChI is InChI=1S/C21H28N2O5/c1-5-17(25)18-19(15-9-8-10-16(13-15)28-14(4)24)23(21(27)20(18)26)12-11-22(6-2)7-3/h8-10,13,19,26H,5-7,11-12H2,1-4H3. The molecule has 7 heteroatoms. The second-order valence-corrected chi connectivity index (χ2v) is 6.63. The quantitative estimate of drug-likeness (QED) is 0.517. The summed E-state index contributed by atoms with van der Waals surface area (Å²) in [5.74, 6) is -1.45. The molecule has 1 aromatic carbocycles. The van der Waals surface area contributed by atoms with Crippen molar-refractivity contribution in [2.75, 3.05) is 26.2 Å². The van der Waals surface area contributed by atoms with Crippen molar-refractivity contribution in [3.8, 4) is 5.75 Å². The van der Waals surface area contributed by atoms with Crippen LogP contribution < -0.4 is 4.74 Å². The molecule has 0 fully saturated rings. The minimum Gasteiger partial charge on any atom is -0.503 e. The number of likely N-dealkylation sites (N-methyl/N-ethyl adjacent to an activating group) is 1. The zero-order chi connectivity index (χ0) is 20.8. The molecule has 1 heterocycles. The number of hydrogen-bond acceptors (Lipinski definition) is 6. The van der Waals surface area contributed by atoms with Crippen molar-refractivity contribution in [3.63, 3.8) is 0 Å². The number of carbonyl (C=O) groups excluding carboxylic acids is 3. The molecule has 1 aromatic rings. The van der Waals surface area contributed by atoms with Crippen LogP contribution in [0.3, 0.4) is 0 Å². The largest absolute Gasteiger partial charge is 0.503 e. The molecule has 7 nitrogen and oxygen atoms in total. The van der Waals surface area contributed by atoms with E-state index < -0.39 is 23.7 Å². The van der Waals surface area contributed by atoms with Gasteiger partial charge in [0.2, 0.25) is 0 Å². The van der Waals surface area contributed by atoms with E-state index in [9.17, 15) is 19.5 Å². The predicted molar refractivity (Wildman–Crippen MR) is 105 cm³/mol. The predicted octanol–water partition coefficient (Wildman–Crippen LogP) is 2.63. The summed E-state index contributed by atoms with van der Waals surface area (Å²) in [6.45, 7) is 9.75. The number of aliphatic hydroxyl groups is 1. The Kier molecular flexibility index (Phi) is 7.34. The zero-order valence-corrected chi connectivity index (χ0v) is 16.9. The van der Waals surface area contributed by atoms with Gasteiger partial charge in [-0.3, -0.25) is 14.4 Å². The van der Waals surface area contributed by atoms with Crippen LogP contribution >= 0.6 is 0 Å². The van der Waals surface area contributed by atoms with Crippen molar-refractivity contribution < 1.29 is 24.2 Å². The van der Waals surface area contributed by atoms with Crippen molar-refractivity contribution in [3.05, 3.63) is 41.2 Å². The summed E-state index contributed by atoms with van der Waals surface area (Å²) in [7, 11) is 0. The molecule has 0 spiro atoms. The lowest BCUT2D eigenvalue weighted by Crippen LogP contribution is -2.38. The van der Waals surface area contributed by atoms with Gasteiger partial charge in [0, 0.05) is 26.4 Å². The number of carbonyl (C=O) groups is 3. The number of amides is 1. The number of nitrogens with zero attached hydrogens (tertiary/aromatic N) is 2. The first kappa shape index (κ1) is 21.6. The van der Waals surface area contributed by atoms with Crippen LogP contribution in [0.5, 0.6) is 5.75 Å². The van der Waals surface area contributed by atoms with E-state index in [1.165, 1.54) is 11.8 Å². The van der Waals surface area contributed by atoms with Gasteiger partial charge in [-0.25, -0.2) is 0 Å². The van der Waals surface area contributed by atoms with Gasteiger partial charge in [-0.1, -0.05) is 32.9 Å². The Hall–Kier alpha value is -2.67. The van der Waals surface area contributed by atoms with Gasteiger partial charge in [-0.05, 0) is 30.8 Å². The third kappa shape index (κ3) is 4.59. The Morgan fingerprint density at radius 3 is 2.46 bits per heavy atom. The van der Waals surface area contributed by atoms with Crippen molar-refractivity contribution in [2.45, 2.75) is 40.2 Å². The van der Waals surface area contributed by atoms with Crippen molar-refractivity contribution in [1.29, 1.82) is 0 Å². The summed E-state index contributed by atoms with van der Waals surface area (Å²) < 4.78 is 5.14. The molecule has 1 amide bonds. The molecule has 1 atom stereocenters. The maximum atomic E-state index is 12.7. The van der Waals surface area contributed by atoms with Gasteiger partial charge in [0.1, 0.15) is 5.75 Å². The number of hydrogen-bond donors (Lipinski definition) is 1. The zero-order valence-electron chi connectivity index (χ0n) is 16.9. The molecule has 0 radical (unpaired) electrons. The van der Waals surface area contributed by atoms with E-state index in [1.807, 2.05) is 13.8 Å². The highest BCUT2D eigenvalue weighted by atomic mass is 16.5. The highest BCUT2D eigenvalue weighted by molar-refractivity contribution is 6.08. The van der Waals surface area contributed by atoms with Gasteiger partial charge in [0.05, 0.1) is 11.6 Å². The van der Waals surface area contributed by atoms with Crippen LogP contribution in [0.15, 0.2) is 35.6 Å². The Balaban J connectivity index is 2.44. The minimum atomic E-state index is -0.703. The molecule has 28 heavy (non-hydrogen) atoms. The molecule has 2 rings (SSSR count). The molecule has 1 aliphatic heterocycles. The first-order valence-electron chi connectivity index (χ1n) is 9.61. The van der Waals surface area contributed by atoms with Crippen LogP contribution in [-0.2, 0) is 14.4 Å². The Labute approximate surface area is 165 Å². The third-order valence-corrected chi connectivity index (χ3v) is 4.91. The highest BCUT2D eigenvalue weighted by Crippen LogP contribution is 2.39. The maximum Gasteiger partial charge on any atom is 0.308 e. The number of ketones is 1. The van der Waals surface area contributed by atoms with Crippen molar-refractivity contribution in [2.24, 2.45) is 0 Å². The Bertz CT molecular complexity index is 783. The van der Waals surface area contributed by atoms with Gasteiger partial charge < -0.3 is 19.6 Å². The second kappa shape index (κ2) is 9.50. The lowest BCUT2D eigenvalue weighted by atomic mass is 9.95. The number of aliphatic hydroxyl groups excluding tert-OH is 1. The average molecular weight is 388 g/mol. The van der Waals surface area contributed by atoms with Gasteiger partial charge in [-0.15, -0.1) is 0 Å². The summed E-state index contributed by atoms with van der Waals surface area (Å²) in [4.78, 5) is 40.2. The topological polar surface area (TPSA) is 87.2 Å². The van der Waals surface area contributed by atoms with E-state index in [0.717, 1.165) is 13.1 Å². The Morgan fingerprint density at radius 2 is 1.89 bits per heavy atom. The fourth-order valence-corrected chi connectivity index (χ4v) is 3.41. The van der Waals surface area contributed by atoms with E-state index in [0.29, 0.717) is 24.4 Å². The van der Waals surface area contributed by atoms with Crippen LogP contribution in [0.4, 0.5) is 0 Å². The van der Waals surface area contributed by atoms with E-state index >= 15 is 0 Å². The van der Waals surface area contributed by atoms with Gasteiger partial charge in [0.15, 0.2) is 11.5 Å². The highest BCUT2D eigenvalue weighted by Gasteiger charge is 2.42. The monoisotopic (exact) mass is 388 g/mol. The van der Waals surface area contributed by atoms with Gasteiger partial charge >= 0.3 is 5.97 Å². The number of esters is 1. The van der Waals surface area contributed by atoms with Crippen molar-refractivity contribution >= 4 is 17.7 Å². The summed E-state index contributed by atoms with van der Waals surface area (Å²) in [6, 6.07) is 6.02. The van der Waals surface area contributed by atoms with E-state index in [2.05, 4.69) is 4.90 Å². The lowest BCUT2D eigenvalue weighted by molar-refractivity contribution is -0.132. The van der Waals surface area contributed by atoms with Gasteiger partial charge in [0.25, 0.3) is 5.91 Å². The smallest absolute Gasteiger partial charge is 0.308 e. The fraction of sp³-hybridized carbons (Fsp3) is 0.476. The number of rotatable bonds is 9. The fourth-order valence-electron chi connectivity index (χ4n) is 3.41. The van der Waals surface area contributed by atoms with Crippen LogP contribution in [0.25, 0.3) is 0 Å². The lowest BCUT2D eigenvalue weighted by Gasteiger charge is -2.29. The molecular formula is C21H28N2O5. The second-order valence-electron chi connectivity index (χ2n) is 6.63. The maximum absolute atomic E-state index is 12.7. The molecule has 0 bridgehead atoms. The first-order valence-corrected chi connectivity index (χ1v) is 9.61. The summed E-state index contributed by atoms with van der Waals surface area (Å²) in [5, 5.41) is 10.4. The number of benzene rings is 1. The normalized spacial score (nSPS) is 16.8. The number of Topliss-reactive ketones (excluding diaryl/α,β-unsaturated/α-hetero) is 1. The van der Waals surface area contributed by atoms with Crippen LogP contribution in [0.1, 0.15) is 45.7 Å². The van der Waals surface area contributed by atoms with Crippen LogP contribution in [-0.4, -0.2) is 58.7 Å². The molecule has 1 aliphatic rings. The van der Waals surface area contributed by atoms with Gasteiger partial charge in [-0.2, -0.15) is 0 Å². The van der Waals surface area contributed by atoms with Crippen molar-refractivity contribution in [1.82, 2.24) is 9.80 Å². The molecule has 0 saturated heterocycles. The summed E-state index contributed by atoms with van der Waals surface area (Å²) in [6.07, 6.45) is 0.177. The first-order chi connectivity index (χ1) is 13.3. The van der Waals surface area contributed by atoms with E-state index in [1.54, 1.807) is 31.2 Å². The van der Waals surface area contributed by atoms with E-state index in [4.69, 9.17) is 4.74 Å². The Morgan fingerprint density at radius 1 is 1.21 bits per heavy atom. The van der Waals surface area contributed by atoms with Crippen LogP contribution in [0, 0.1) is 0 Å². The molecule has 1 unspecified atom stereocenters. The third-order valence-electron chi connectivity index (χ3n) is 4.91. The van der Waals surface area contributed by atoms with E-state index in [-0.39, 0.29) is 17.8 Å². The minimum absolute atomic E-state index is 0.104. The molecular weight excluding hydrogens is 360 g/mol. The average Bonchev–Trinajstić information content (AvgIpc) is 2.92. The summed E-state index contributed by atoms with van der Waals surface area (Å²) >= 11 is 0. The molecule has 0 aliphatic carbocycles. The molecule has 1 N–H and O–H groups in total. The SMILES string of the molecule is CCC(=O)C1=C(O)C(=O)N(CCN(CC)CC)C1c1cccc(OC(C)=O)c1.